The van der Waals surface area contributed by atoms with Crippen LogP contribution in [0.3, 0.4) is 0 Å². The standard InChI is InChI=1S/C14H23NO3/c1-4-17-11-9-15(2)10-12-18-14-7-5-13(16-3)6-8-14/h5-8H,4,9-12H2,1-3H3. The van der Waals surface area contributed by atoms with Crippen LogP contribution in [0.15, 0.2) is 24.3 Å². The Bertz CT molecular complexity index is 313. The normalized spacial score (nSPS) is 10.7. The van der Waals surface area contributed by atoms with Gasteiger partial charge in [0.05, 0.1) is 13.7 Å². The molecule has 0 radical (unpaired) electrons. The topological polar surface area (TPSA) is 30.9 Å². The van der Waals surface area contributed by atoms with Gasteiger partial charge in [-0.05, 0) is 38.2 Å². The van der Waals surface area contributed by atoms with Gasteiger partial charge >= 0.3 is 0 Å². The summed E-state index contributed by atoms with van der Waals surface area (Å²) < 4.78 is 16.0. The summed E-state index contributed by atoms with van der Waals surface area (Å²) >= 11 is 0. The molecule has 0 unspecified atom stereocenters. The van der Waals surface area contributed by atoms with E-state index in [4.69, 9.17) is 14.2 Å². The second kappa shape index (κ2) is 8.78. The van der Waals surface area contributed by atoms with Gasteiger partial charge in [0, 0.05) is 19.7 Å². The predicted octanol–water partition coefficient (Wildman–Crippen LogP) is 2.04. The maximum atomic E-state index is 5.64. The van der Waals surface area contributed by atoms with E-state index in [0.717, 1.165) is 37.8 Å². The summed E-state index contributed by atoms with van der Waals surface area (Å²) in [6, 6.07) is 7.63. The zero-order valence-electron chi connectivity index (χ0n) is 11.5. The van der Waals surface area contributed by atoms with Crippen molar-refractivity contribution in [2.24, 2.45) is 0 Å². The maximum absolute atomic E-state index is 5.64. The van der Waals surface area contributed by atoms with Crippen LogP contribution in [0.25, 0.3) is 0 Å². The molecular formula is C14H23NO3. The molecule has 0 N–H and O–H groups in total. The number of nitrogens with zero attached hydrogens (tertiary/aromatic N) is 1. The molecule has 0 amide bonds. The molecule has 18 heavy (non-hydrogen) atoms. The largest absolute Gasteiger partial charge is 0.497 e. The van der Waals surface area contributed by atoms with Gasteiger partial charge in [-0.25, -0.2) is 0 Å². The molecule has 0 saturated heterocycles. The Morgan fingerprint density at radius 1 is 1.00 bits per heavy atom. The van der Waals surface area contributed by atoms with Crippen molar-refractivity contribution in [3.63, 3.8) is 0 Å². The van der Waals surface area contributed by atoms with E-state index in [0.29, 0.717) is 6.61 Å². The number of methoxy groups -OCH3 is 1. The fourth-order valence-electron chi connectivity index (χ4n) is 1.47. The Hall–Kier alpha value is -1.26. The predicted molar refractivity (Wildman–Crippen MR) is 72.5 cm³/mol. The van der Waals surface area contributed by atoms with Crippen molar-refractivity contribution >= 4 is 0 Å². The molecule has 0 spiro atoms. The van der Waals surface area contributed by atoms with Gasteiger partial charge in [0.2, 0.25) is 0 Å². The minimum Gasteiger partial charge on any atom is -0.497 e. The van der Waals surface area contributed by atoms with Gasteiger partial charge in [0.1, 0.15) is 18.1 Å². The van der Waals surface area contributed by atoms with E-state index in [9.17, 15) is 0 Å². The maximum Gasteiger partial charge on any atom is 0.119 e. The van der Waals surface area contributed by atoms with Crippen LogP contribution in [0.4, 0.5) is 0 Å². The second-order valence-electron chi connectivity index (χ2n) is 4.02. The van der Waals surface area contributed by atoms with Crippen LogP contribution in [-0.4, -0.2) is 52.0 Å². The van der Waals surface area contributed by atoms with E-state index in [1.165, 1.54) is 0 Å². The van der Waals surface area contributed by atoms with Crippen molar-refractivity contribution in [1.29, 1.82) is 0 Å². The molecule has 0 aromatic heterocycles. The summed E-state index contributed by atoms with van der Waals surface area (Å²) in [5.41, 5.74) is 0. The zero-order valence-corrected chi connectivity index (χ0v) is 11.5. The molecular weight excluding hydrogens is 230 g/mol. The molecule has 0 fully saturated rings. The first-order chi connectivity index (χ1) is 8.76. The van der Waals surface area contributed by atoms with Crippen molar-refractivity contribution in [2.45, 2.75) is 6.92 Å². The first-order valence-corrected chi connectivity index (χ1v) is 6.29. The smallest absolute Gasteiger partial charge is 0.119 e. The summed E-state index contributed by atoms with van der Waals surface area (Å²) in [5.74, 6) is 1.71. The first kappa shape index (κ1) is 14.8. The van der Waals surface area contributed by atoms with E-state index in [1.807, 2.05) is 31.2 Å². The number of benzene rings is 1. The SMILES string of the molecule is CCOCCN(C)CCOc1ccc(OC)cc1. The van der Waals surface area contributed by atoms with E-state index < -0.39 is 0 Å². The number of hydrogen-bond acceptors (Lipinski definition) is 4. The summed E-state index contributed by atoms with van der Waals surface area (Å²) in [7, 11) is 3.72. The summed E-state index contributed by atoms with van der Waals surface area (Å²) in [6.45, 7) is 6.05. The van der Waals surface area contributed by atoms with Gasteiger partial charge < -0.3 is 19.1 Å². The molecule has 1 aromatic rings. The van der Waals surface area contributed by atoms with Crippen LogP contribution in [0.1, 0.15) is 6.92 Å². The van der Waals surface area contributed by atoms with Crippen LogP contribution in [0, 0.1) is 0 Å². The quantitative estimate of drug-likeness (QED) is 0.630. The van der Waals surface area contributed by atoms with Crippen molar-refractivity contribution in [2.75, 3.05) is 47.1 Å². The number of likely N-dealkylation sites (N-methyl/N-ethyl adjacent to an activating group) is 1. The third kappa shape index (κ3) is 5.89. The molecule has 102 valence electrons. The Morgan fingerprint density at radius 2 is 1.61 bits per heavy atom. The molecule has 0 aliphatic carbocycles. The minimum atomic E-state index is 0.676. The van der Waals surface area contributed by atoms with E-state index in [-0.39, 0.29) is 0 Å². The highest BCUT2D eigenvalue weighted by atomic mass is 16.5. The van der Waals surface area contributed by atoms with Gasteiger partial charge in [-0.3, -0.25) is 0 Å². The van der Waals surface area contributed by atoms with E-state index in [1.54, 1.807) is 7.11 Å². The molecule has 0 aliphatic rings. The van der Waals surface area contributed by atoms with Gasteiger partial charge in [-0.15, -0.1) is 0 Å². The molecule has 0 saturated carbocycles. The lowest BCUT2D eigenvalue weighted by Gasteiger charge is -2.16. The summed E-state index contributed by atoms with van der Waals surface area (Å²) in [5, 5.41) is 0. The molecule has 1 rings (SSSR count). The van der Waals surface area contributed by atoms with Gasteiger partial charge in [0.25, 0.3) is 0 Å². The monoisotopic (exact) mass is 253 g/mol. The van der Waals surface area contributed by atoms with Crippen LogP contribution in [0.5, 0.6) is 11.5 Å². The average molecular weight is 253 g/mol. The van der Waals surface area contributed by atoms with Crippen LogP contribution in [0.2, 0.25) is 0 Å². The van der Waals surface area contributed by atoms with Crippen molar-refractivity contribution in [1.82, 2.24) is 4.90 Å². The fraction of sp³-hybridized carbons (Fsp3) is 0.571. The molecule has 4 heteroatoms. The van der Waals surface area contributed by atoms with Gasteiger partial charge in [0.15, 0.2) is 0 Å². The number of rotatable bonds is 9. The molecule has 0 atom stereocenters. The third-order valence-corrected chi connectivity index (χ3v) is 2.62. The van der Waals surface area contributed by atoms with Crippen molar-refractivity contribution in [3.05, 3.63) is 24.3 Å². The highest BCUT2D eigenvalue weighted by Gasteiger charge is 1.99. The average Bonchev–Trinajstić information content (AvgIpc) is 2.40. The lowest BCUT2D eigenvalue weighted by atomic mass is 10.3. The van der Waals surface area contributed by atoms with E-state index >= 15 is 0 Å². The van der Waals surface area contributed by atoms with Crippen LogP contribution < -0.4 is 9.47 Å². The zero-order chi connectivity index (χ0) is 13.2. The molecule has 0 aliphatic heterocycles. The molecule has 1 aromatic carbocycles. The lowest BCUT2D eigenvalue weighted by Crippen LogP contribution is -2.27. The third-order valence-electron chi connectivity index (χ3n) is 2.62. The van der Waals surface area contributed by atoms with Gasteiger partial charge in [-0.1, -0.05) is 0 Å². The summed E-state index contributed by atoms with van der Waals surface area (Å²) in [4.78, 5) is 2.19. The molecule has 0 heterocycles. The van der Waals surface area contributed by atoms with Crippen LogP contribution >= 0.6 is 0 Å². The lowest BCUT2D eigenvalue weighted by molar-refractivity contribution is 0.116. The highest BCUT2D eigenvalue weighted by molar-refractivity contribution is 5.31. The Balaban J connectivity index is 2.16. The number of ether oxygens (including phenoxy) is 3. The summed E-state index contributed by atoms with van der Waals surface area (Å²) in [6.07, 6.45) is 0. The van der Waals surface area contributed by atoms with Crippen molar-refractivity contribution < 1.29 is 14.2 Å². The van der Waals surface area contributed by atoms with Crippen molar-refractivity contribution in [3.8, 4) is 11.5 Å². The molecule has 4 nitrogen and oxygen atoms in total. The molecule has 0 bridgehead atoms. The fourth-order valence-corrected chi connectivity index (χ4v) is 1.47. The first-order valence-electron chi connectivity index (χ1n) is 6.29. The number of hydrogen-bond donors (Lipinski definition) is 0. The second-order valence-corrected chi connectivity index (χ2v) is 4.02. The van der Waals surface area contributed by atoms with Gasteiger partial charge in [-0.2, -0.15) is 0 Å². The Morgan fingerprint density at radius 3 is 2.22 bits per heavy atom. The minimum absolute atomic E-state index is 0.676. The van der Waals surface area contributed by atoms with Crippen LogP contribution in [-0.2, 0) is 4.74 Å². The Kier molecular flexibility index (Phi) is 7.22. The highest BCUT2D eigenvalue weighted by Crippen LogP contribution is 2.16. The van der Waals surface area contributed by atoms with E-state index in [2.05, 4.69) is 11.9 Å². The Labute approximate surface area is 109 Å².